The van der Waals surface area contributed by atoms with Gasteiger partial charge in [-0.15, -0.1) is 0 Å². The first-order valence-electron chi connectivity index (χ1n) is 8.88. The predicted octanol–water partition coefficient (Wildman–Crippen LogP) is 2.58. The molecule has 0 aliphatic carbocycles. The molecular weight excluding hydrogens is 304 g/mol. The number of urea groups is 1. The van der Waals surface area contributed by atoms with Crippen LogP contribution in [0.2, 0.25) is 0 Å². The number of anilines is 1. The molecule has 0 aromatic carbocycles. The van der Waals surface area contributed by atoms with Gasteiger partial charge in [-0.3, -0.25) is 9.78 Å². The molecule has 1 aromatic heterocycles. The van der Waals surface area contributed by atoms with Gasteiger partial charge in [0.05, 0.1) is 5.92 Å². The van der Waals surface area contributed by atoms with E-state index in [2.05, 4.69) is 17.2 Å². The van der Waals surface area contributed by atoms with Crippen molar-refractivity contribution in [1.29, 1.82) is 0 Å². The minimum atomic E-state index is -0.133. The van der Waals surface area contributed by atoms with Crippen molar-refractivity contribution >= 4 is 17.6 Å². The summed E-state index contributed by atoms with van der Waals surface area (Å²) in [7, 11) is 0. The molecule has 0 radical (unpaired) electrons. The van der Waals surface area contributed by atoms with Crippen LogP contribution in [0.4, 0.5) is 10.5 Å². The number of hydrogen-bond acceptors (Lipinski definition) is 3. The Kier molecular flexibility index (Phi) is 5.33. The van der Waals surface area contributed by atoms with Crippen LogP contribution in [0.25, 0.3) is 0 Å². The lowest BCUT2D eigenvalue weighted by molar-refractivity contribution is -0.138. The Morgan fingerprint density at radius 1 is 1.08 bits per heavy atom. The van der Waals surface area contributed by atoms with Crippen LogP contribution in [0.15, 0.2) is 24.5 Å². The summed E-state index contributed by atoms with van der Waals surface area (Å²) >= 11 is 0. The van der Waals surface area contributed by atoms with Crippen LogP contribution in [-0.4, -0.2) is 52.9 Å². The molecule has 3 rings (SSSR count). The molecule has 6 nitrogen and oxygen atoms in total. The van der Waals surface area contributed by atoms with E-state index in [1.165, 1.54) is 0 Å². The molecule has 1 atom stereocenters. The van der Waals surface area contributed by atoms with Gasteiger partial charge in [0.2, 0.25) is 5.91 Å². The third-order valence-corrected chi connectivity index (χ3v) is 5.08. The number of piperidine rings is 2. The monoisotopic (exact) mass is 330 g/mol. The van der Waals surface area contributed by atoms with Crippen molar-refractivity contribution in [2.24, 2.45) is 11.8 Å². The third-order valence-electron chi connectivity index (χ3n) is 5.08. The minimum Gasteiger partial charge on any atom is -0.342 e. The predicted molar refractivity (Wildman–Crippen MR) is 92.5 cm³/mol. The van der Waals surface area contributed by atoms with Crippen LogP contribution < -0.4 is 5.32 Å². The second-order valence-corrected chi connectivity index (χ2v) is 6.96. The smallest absolute Gasteiger partial charge is 0.321 e. The fourth-order valence-electron chi connectivity index (χ4n) is 3.49. The van der Waals surface area contributed by atoms with Gasteiger partial charge in [-0.25, -0.2) is 4.79 Å². The quantitative estimate of drug-likeness (QED) is 0.906. The highest BCUT2D eigenvalue weighted by Gasteiger charge is 2.32. The first-order chi connectivity index (χ1) is 11.6. The molecule has 2 aliphatic heterocycles. The molecule has 3 amide bonds. The van der Waals surface area contributed by atoms with Crippen molar-refractivity contribution in [3.63, 3.8) is 0 Å². The number of carbonyl (C=O) groups is 2. The number of likely N-dealkylation sites (tertiary alicyclic amines) is 2. The van der Waals surface area contributed by atoms with Crippen molar-refractivity contribution in [3.8, 4) is 0 Å². The van der Waals surface area contributed by atoms with E-state index in [1.807, 2.05) is 4.90 Å². The molecule has 130 valence electrons. The summed E-state index contributed by atoms with van der Waals surface area (Å²) in [6.07, 6.45) is 7.23. The lowest BCUT2D eigenvalue weighted by atomic mass is 9.93. The first kappa shape index (κ1) is 16.7. The minimum absolute atomic E-state index is 0.0599. The maximum atomic E-state index is 12.7. The topological polar surface area (TPSA) is 65.5 Å². The Balaban J connectivity index is 1.55. The summed E-state index contributed by atoms with van der Waals surface area (Å²) in [5.41, 5.74) is 0.730. The Labute approximate surface area is 143 Å². The largest absolute Gasteiger partial charge is 0.342 e. The Morgan fingerprint density at radius 3 is 2.50 bits per heavy atom. The van der Waals surface area contributed by atoms with Crippen molar-refractivity contribution in [1.82, 2.24) is 14.8 Å². The molecule has 0 spiro atoms. The molecule has 2 fully saturated rings. The van der Waals surface area contributed by atoms with E-state index in [4.69, 9.17) is 0 Å². The molecule has 0 bridgehead atoms. The zero-order chi connectivity index (χ0) is 16.9. The number of rotatable bonds is 2. The zero-order valence-electron chi connectivity index (χ0n) is 14.3. The fraction of sp³-hybridized carbons (Fsp3) is 0.611. The van der Waals surface area contributed by atoms with Crippen LogP contribution in [0, 0.1) is 11.8 Å². The van der Waals surface area contributed by atoms with Crippen LogP contribution in [0.5, 0.6) is 0 Å². The summed E-state index contributed by atoms with van der Waals surface area (Å²) < 4.78 is 0. The third kappa shape index (κ3) is 4.04. The molecule has 3 heterocycles. The Hall–Kier alpha value is -2.11. The summed E-state index contributed by atoms with van der Waals surface area (Å²) in [5.74, 6) is 0.877. The molecule has 6 heteroatoms. The number of carbonyl (C=O) groups excluding carboxylic acids is 2. The highest BCUT2D eigenvalue weighted by Crippen LogP contribution is 2.23. The van der Waals surface area contributed by atoms with E-state index in [0.29, 0.717) is 19.0 Å². The summed E-state index contributed by atoms with van der Waals surface area (Å²) in [4.78, 5) is 32.9. The van der Waals surface area contributed by atoms with E-state index in [-0.39, 0.29) is 17.9 Å². The van der Waals surface area contributed by atoms with E-state index in [9.17, 15) is 9.59 Å². The number of nitrogens with zero attached hydrogens (tertiary/aromatic N) is 3. The van der Waals surface area contributed by atoms with Gasteiger partial charge in [0.15, 0.2) is 0 Å². The number of pyridine rings is 1. The second-order valence-electron chi connectivity index (χ2n) is 6.96. The van der Waals surface area contributed by atoms with Crippen molar-refractivity contribution in [3.05, 3.63) is 24.5 Å². The average molecular weight is 330 g/mol. The summed E-state index contributed by atoms with van der Waals surface area (Å²) in [6, 6.07) is 3.39. The van der Waals surface area contributed by atoms with Gasteiger partial charge < -0.3 is 15.1 Å². The van der Waals surface area contributed by atoms with E-state index in [1.54, 1.807) is 29.4 Å². The van der Waals surface area contributed by atoms with Gasteiger partial charge in [-0.05, 0) is 43.7 Å². The van der Waals surface area contributed by atoms with E-state index in [0.717, 1.165) is 44.5 Å². The van der Waals surface area contributed by atoms with Crippen molar-refractivity contribution in [2.45, 2.75) is 32.6 Å². The normalized spacial score (nSPS) is 22.3. The second kappa shape index (κ2) is 7.64. The van der Waals surface area contributed by atoms with Crippen LogP contribution in [0.1, 0.15) is 32.6 Å². The molecule has 2 aliphatic rings. The first-order valence-corrected chi connectivity index (χ1v) is 8.88. The Bertz CT molecular complexity index is 570. The van der Waals surface area contributed by atoms with Gasteiger partial charge >= 0.3 is 6.03 Å². The molecule has 1 aromatic rings. The van der Waals surface area contributed by atoms with Crippen molar-refractivity contribution < 1.29 is 9.59 Å². The molecule has 2 saturated heterocycles. The SMILES string of the molecule is CC1CCN(C(=O)[C@H]2CCCN(C(=O)Nc3ccncc3)C2)CC1. The van der Waals surface area contributed by atoms with Gasteiger partial charge in [0.1, 0.15) is 0 Å². The fourth-order valence-corrected chi connectivity index (χ4v) is 3.49. The standard InChI is InChI=1S/C18H26N4O2/c1-14-6-11-21(12-7-14)17(23)15-3-2-10-22(13-15)18(24)20-16-4-8-19-9-5-16/h4-5,8-9,14-15H,2-3,6-7,10-13H2,1H3,(H,19,20,24)/t15-/m0/s1. The van der Waals surface area contributed by atoms with Gasteiger partial charge in [0.25, 0.3) is 0 Å². The summed E-state index contributed by atoms with van der Waals surface area (Å²) in [6.45, 7) is 5.19. The number of hydrogen-bond donors (Lipinski definition) is 1. The molecule has 0 unspecified atom stereocenters. The van der Waals surface area contributed by atoms with E-state index < -0.39 is 0 Å². The van der Waals surface area contributed by atoms with Gasteiger partial charge in [-0.1, -0.05) is 6.92 Å². The Morgan fingerprint density at radius 2 is 1.79 bits per heavy atom. The average Bonchev–Trinajstić information content (AvgIpc) is 2.63. The highest BCUT2D eigenvalue weighted by atomic mass is 16.2. The molecule has 0 saturated carbocycles. The molecule has 1 N–H and O–H groups in total. The highest BCUT2D eigenvalue weighted by molar-refractivity contribution is 5.90. The zero-order valence-corrected chi connectivity index (χ0v) is 14.3. The van der Waals surface area contributed by atoms with Crippen LogP contribution in [0.3, 0.4) is 0 Å². The number of aromatic nitrogens is 1. The van der Waals surface area contributed by atoms with Gasteiger partial charge in [0, 0.05) is 44.3 Å². The maximum Gasteiger partial charge on any atom is 0.321 e. The molecule has 24 heavy (non-hydrogen) atoms. The number of amides is 3. The summed E-state index contributed by atoms with van der Waals surface area (Å²) in [5, 5.41) is 2.88. The van der Waals surface area contributed by atoms with Gasteiger partial charge in [-0.2, -0.15) is 0 Å². The van der Waals surface area contributed by atoms with Crippen molar-refractivity contribution in [2.75, 3.05) is 31.5 Å². The molecular formula is C18H26N4O2. The number of nitrogens with one attached hydrogen (secondary N) is 1. The van der Waals surface area contributed by atoms with Crippen LogP contribution in [-0.2, 0) is 4.79 Å². The van der Waals surface area contributed by atoms with Crippen LogP contribution >= 0.6 is 0 Å². The maximum absolute atomic E-state index is 12.7. The van der Waals surface area contributed by atoms with E-state index >= 15 is 0 Å². The lowest BCUT2D eigenvalue weighted by Gasteiger charge is -2.37. The lowest BCUT2D eigenvalue weighted by Crippen LogP contribution is -2.49.